The lowest BCUT2D eigenvalue weighted by atomic mass is 10.0. The minimum atomic E-state index is -1.40. The molecule has 0 saturated carbocycles. The normalized spacial score (nSPS) is 26.4. The van der Waals surface area contributed by atoms with Gasteiger partial charge in [-0.3, -0.25) is 4.79 Å². The molecule has 4 N–H and O–H groups in total. The van der Waals surface area contributed by atoms with Crippen LogP contribution in [0.15, 0.2) is 0 Å². The van der Waals surface area contributed by atoms with E-state index < -0.39 is 12.1 Å². The highest BCUT2D eigenvalue weighted by Crippen LogP contribution is 2.14. The number of hydrogen-bond donors (Lipinski definition) is 4. The van der Waals surface area contributed by atoms with Gasteiger partial charge in [0.2, 0.25) is 5.91 Å². The van der Waals surface area contributed by atoms with E-state index in [1.165, 1.54) is 0 Å². The number of hydrogen-bond acceptors (Lipinski definition) is 4. The zero-order chi connectivity index (χ0) is 12.1. The molecule has 1 heterocycles. The second-order valence-electron chi connectivity index (χ2n) is 4.07. The van der Waals surface area contributed by atoms with Crippen LogP contribution in [-0.2, 0) is 9.59 Å². The molecular formula is C10H18N2O4. The van der Waals surface area contributed by atoms with Gasteiger partial charge in [-0.2, -0.15) is 0 Å². The monoisotopic (exact) mass is 230 g/mol. The largest absolute Gasteiger partial charge is 0.479 e. The lowest BCUT2D eigenvalue weighted by Crippen LogP contribution is -2.38. The summed E-state index contributed by atoms with van der Waals surface area (Å²) in [4.78, 5) is 21.9. The minimum Gasteiger partial charge on any atom is -0.479 e. The molecule has 1 amide bonds. The van der Waals surface area contributed by atoms with Gasteiger partial charge in [0.25, 0.3) is 0 Å². The van der Waals surface area contributed by atoms with Crippen molar-refractivity contribution in [2.45, 2.75) is 31.9 Å². The van der Waals surface area contributed by atoms with Crippen LogP contribution >= 0.6 is 0 Å². The van der Waals surface area contributed by atoms with Gasteiger partial charge in [-0.05, 0) is 19.9 Å². The molecule has 1 aliphatic rings. The summed E-state index contributed by atoms with van der Waals surface area (Å²) >= 11 is 0. The average Bonchev–Trinajstić information content (AvgIpc) is 2.64. The average molecular weight is 230 g/mol. The number of amides is 1. The van der Waals surface area contributed by atoms with Crippen LogP contribution in [0.4, 0.5) is 0 Å². The van der Waals surface area contributed by atoms with Gasteiger partial charge in [0, 0.05) is 19.0 Å². The Bertz CT molecular complexity index is 270. The number of carbonyl (C=O) groups is 2. The van der Waals surface area contributed by atoms with Crippen LogP contribution < -0.4 is 10.6 Å². The van der Waals surface area contributed by atoms with Crippen LogP contribution in [0.25, 0.3) is 0 Å². The van der Waals surface area contributed by atoms with E-state index >= 15 is 0 Å². The summed E-state index contributed by atoms with van der Waals surface area (Å²) in [6, 6.07) is 0.157. The topological polar surface area (TPSA) is 98.7 Å². The van der Waals surface area contributed by atoms with Gasteiger partial charge in [0.15, 0.2) is 6.10 Å². The fourth-order valence-corrected chi connectivity index (χ4v) is 1.80. The van der Waals surface area contributed by atoms with Crippen molar-refractivity contribution in [3.05, 3.63) is 0 Å². The first kappa shape index (κ1) is 12.9. The summed E-state index contributed by atoms with van der Waals surface area (Å²) in [7, 11) is 0. The first-order valence-electron chi connectivity index (χ1n) is 5.44. The number of nitrogens with one attached hydrogen (secondary N) is 2. The van der Waals surface area contributed by atoms with Gasteiger partial charge < -0.3 is 20.8 Å². The summed E-state index contributed by atoms with van der Waals surface area (Å²) in [5.41, 5.74) is 0. The predicted octanol–water partition coefficient (Wildman–Crippen LogP) is -1.06. The third-order valence-corrected chi connectivity index (χ3v) is 2.86. The highest BCUT2D eigenvalue weighted by atomic mass is 16.4. The van der Waals surface area contributed by atoms with Crippen LogP contribution in [0, 0.1) is 5.92 Å². The lowest BCUT2D eigenvalue weighted by molar-refractivity contribution is -0.147. The van der Waals surface area contributed by atoms with Gasteiger partial charge in [0.05, 0.1) is 5.92 Å². The van der Waals surface area contributed by atoms with Crippen molar-refractivity contribution in [1.82, 2.24) is 10.6 Å². The maximum Gasteiger partial charge on any atom is 0.332 e. The van der Waals surface area contributed by atoms with E-state index in [4.69, 9.17) is 10.2 Å². The van der Waals surface area contributed by atoms with Gasteiger partial charge in [-0.25, -0.2) is 4.79 Å². The minimum absolute atomic E-state index is 0.0373. The molecule has 0 aromatic carbocycles. The van der Waals surface area contributed by atoms with Crippen molar-refractivity contribution in [2.24, 2.45) is 5.92 Å². The standard InChI is InChI=1S/C10H18N2O4/c1-6-7(2-4-11-6)9(14)12-5-3-8(13)10(15)16/h6-8,11,13H,2-5H2,1H3,(H,12,14)(H,15,16). The number of rotatable bonds is 5. The van der Waals surface area contributed by atoms with Crippen molar-refractivity contribution < 1.29 is 19.8 Å². The maximum absolute atomic E-state index is 11.6. The number of aliphatic hydroxyl groups is 1. The highest BCUT2D eigenvalue weighted by molar-refractivity contribution is 5.79. The molecule has 1 aliphatic heterocycles. The molecule has 3 unspecified atom stereocenters. The molecule has 0 bridgehead atoms. The highest BCUT2D eigenvalue weighted by Gasteiger charge is 2.29. The molecule has 6 nitrogen and oxygen atoms in total. The summed E-state index contributed by atoms with van der Waals surface area (Å²) in [5, 5.41) is 23.2. The Morgan fingerprint density at radius 2 is 2.25 bits per heavy atom. The van der Waals surface area contributed by atoms with Gasteiger partial charge in [-0.1, -0.05) is 0 Å². The van der Waals surface area contributed by atoms with Crippen LogP contribution in [0.5, 0.6) is 0 Å². The summed E-state index contributed by atoms with van der Waals surface area (Å²) in [5.74, 6) is -1.39. The number of aliphatic hydroxyl groups excluding tert-OH is 1. The maximum atomic E-state index is 11.6. The summed E-state index contributed by atoms with van der Waals surface area (Å²) in [6.07, 6.45) is -0.566. The molecule has 92 valence electrons. The van der Waals surface area contributed by atoms with Crippen LogP contribution in [0.3, 0.4) is 0 Å². The predicted molar refractivity (Wildman–Crippen MR) is 56.8 cm³/mol. The summed E-state index contributed by atoms with van der Waals surface area (Å²) in [6.45, 7) is 2.97. The van der Waals surface area contributed by atoms with Gasteiger partial charge >= 0.3 is 5.97 Å². The molecule has 3 atom stereocenters. The third kappa shape index (κ3) is 3.46. The number of aliphatic carboxylic acids is 1. The van der Waals surface area contributed by atoms with Crippen molar-refractivity contribution in [3.63, 3.8) is 0 Å². The molecule has 1 fully saturated rings. The first-order chi connectivity index (χ1) is 7.52. The lowest BCUT2D eigenvalue weighted by Gasteiger charge is -2.15. The molecule has 1 rings (SSSR count). The molecule has 6 heteroatoms. The first-order valence-corrected chi connectivity index (χ1v) is 5.44. The fraction of sp³-hybridized carbons (Fsp3) is 0.800. The Balaban J connectivity index is 2.22. The number of carboxylic acids is 1. The Morgan fingerprint density at radius 1 is 1.56 bits per heavy atom. The van der Waals surface area contributed by atoms with Crippen molar-refractivity contribution in [2.75, 3.05) is 13.1 Å². The van der Waals surface area contributed by atoms with Crippen molar-refractivity contribution in [1.29, 1.82) is 0 Å². The van der Waals surface area contributed by atoms with E-state index in [0.717, 1.165) is 13.0 Å². The van der Waals surface area contributed by atoms with Gasteiger partial charge in [-0.15, -0.1) is 0 Å². The van der Waals surface area contributed by atoms with Crippen molar-refractivity contribution in [3.8, 4) is 0 Å². The Labute approximate surface area is 94.0 Å². The van der Waals surface area contributed by atoms with E-state index in [-0.39, 0.29) is 30.8 Å². The Kier molecular flexibility index (Phi) is 4.70. The Morgan fingerprint density at radius 3 is 2.75 bits per heavy atom. The molecule has 0 aromatic rings. The molecule has 0 aliphatic carbocycles. The van der Waals surface area contributed by atoms with Crippen LogP contribution in [-0.4, -0.2) is 47.3 Å². The zero-order valence-corrected chi connectivity index (χ0v) is 9.27. The van der Waals surface area contributed by atoms with E-state index in [9.17, 15) is 9.59 Å². The molecule has 16 heavy (non-hydrogen) atoms. The van der Waals surface area contributed by atoms with E-state index in [0.29, 0.717) is 0 Å². The molecule has 0 aromatic heterocycles. The van der Waals surface area contributed by atoms with E-state index in [1.807, 2.05) is 6.92 Å². The second-order valence-corrected chi connectivity index (χ2v) is 4.07. The molecule has 0 radical (unpaired) electrons. The van der Waals surface area contributed by atoms with Gasteiger partial charge in [0.1, 0.15) is 0 Å². The molecule has 1 saturated heterocycles. The van der Waals surface area contributed by atoms with Crippen molar-refractivity contribution >= 4 is 11.9 Å². The Hall–Kier alpha value is -1.14. The third-order valence-electron chi connectivity index (χ3n) is 2.86. The summed E-state index contributed by atoms with van der Waals surface area (Å²) < 4.78 is 0. The number of carboxylic acid groups (broad SMARTS) is 1. The number of carbonyl (C=O) groups excluding carboxylic acids is 1. The quantitative estimate of drug-likeness (QED) is 0.482. The van der Waals surface area contributed by atoms with Crippen LogP contribution in [0.1, 0.15) is 19.8 Å². The second kappa shape index (κ2) is 5.81. The van der Waals surface area contributed by atoms with E-state index in [1.54, 1.807) is 0 Å². The van der Waals surface area contributed by atoms with Crippen LogP contribution in [0.2, 0.25) is 0 Å². The molecule has 0 spiro atoms. The smallest absolute Gasteiger partial charge is 0.332 e. The SMILES string of the molecule is CC1NCCC1C(=O)NCCC(O)C(=O)O. The zero-order valence-electron chi connectivity index (χ0n) is 9.27. The fourth-order valence-electron chi connectivity index (χ4n) is 1.80. The van der Waals surface area contributed by atoms with E-state index in [2.05, 4.69) is 10.6 Å². The molecular weight excluding hydrogens is 212 g/mol.